The smallest absolute Gasteiger partial charge is 0.233 e. The molecule has 2 aromatic heterocycles. The number of aliphatic hydroxyl groups is 1. The van der Waals surface area contributed by atoms with Crippen molar-refractivity contribution in [3.8, 4) is 5.88 Å². The summed E-state index contributed by atoms with van der Waals surface area (Å²) in [7, 11) is 0. The van der Waals surface area contributed by atoms with Gasteiger partial charge in [-0.15, -0.1) is 0 Å². The van der Waals surface area contributed by atoms with Gasteiger partial charge in [0.2, 0.25) is 11.8 Å². The Bertz CT molecular complexity index is 1120. The fourth-order valence-corrected chi connectivity index (χ4v) is 5.07. The summed E-state index contributed by atoms with van der Waals surface area (Å²) in [5.41, 5.74) is 1.01. The molecule has 192 valence electrons. The molecule has 36 heavy (non-hydrogen) atoms. The molecule has 6 rings (SSSR count). The second kappa shape index (κ2) is 12.2. The van der Waals surface area contributed by atoms with E-state index in [4.69, 9.17) is 9.72 Å². The van der Waals surface area contributed by atoms with E-state index in [0.29, 0.717) is 17.7 Å². The summed E-state index contributed by atoms with van der Waals surface area (Å²) in [6, 6.07) is 12.3. The Kier molecular flexibility index (Phi) is 8.51. The van der Waals surface area contributed by atoms with Gasteiger partial charge >= 0.3 is 0 Å². The molecule has 0 aliphatic carbocycles. The molecule has 0 bridgehead atoms. The van der Waals surface area contributed by atoms with Gasteiger partial charge in [0.25, 0.3) is 0 Å². The summed E-state index contributed by atoms with van der Waals surface area (Å²) >= 11 is 3.52. The highest BCUT2D eigenvalue weighted by Gasteiger charge is 2.31. The van der Waals surface area contributed by atoms with Gasteiger partial charge in [0.15, 0.2) is 0 Å². The summed E-state index contributed by atoms with van der Waals surface area (Å²) < 4.78 is 6.92. The predicted octanol–water partition coefficient (Wildman–Crippen LogP) is 4.02. The number of halogens is 1. The second-order valence-electron chi connectivity index (χ2n) is 9.75. The lowest BCUT2D eigenvalue weighted by atomic mass is 9.98. The van der Waals surface area contributed by atoms with Gasteiger partial charge in [-0.3, -0.25) is 0 Å². The number of aromatic nitrogens is 3. The largest absolute Gasteiger partial charge is 0.470 e. The number of nitrogens with one attached hydrogen (secondary N) is 1. The van der Waals surface area contributed by atoms with E-state index in [2.05, 4.69) is 59.2 Å². The van der Waals surface area contributed by atoms with Crippen molar-refractivity contribution >= 4 is 38.6 Å². The van der Waals surface area contributed by atoms with Crippen LogP contribution in [0.1, 0.15) is 32.1 Å². The van der Waals surface area contributed by atoms with Crippen molar-refractivity contribution in [2.75, 3.05) is 55.7 Å². The Labute approximate surface area is 221 Å². The van der Waals surface area contributed by atoms with Gasteiger partial charge in [-0.05, 0) is 78.8 Å². The Balaban J connectivity index is 0.000000391. The quantitative estimate of drug-likeness (QED) is 0.489. The number of aliphatic hydroxyl groups excluding tert-OH is 1. The molecule has 3 aliphatic heterocycles. The molecular formula is C27H35BrN6O2. The lowest BCUT2D eigenvalue weighted by Crippen LogP contribution is -2.54. The summed E-state index contributed by atoms with van der Waals surface area (Å²) in [5.74, 6) is 2.64. The summed E-state index contributed by atoms with van der Waals surface area (Å²) in [6.07, 6.45) is 7.96. The van der Waals surface area contributed by atoms with Crippen LogP contribution >= 0.6 is 15.9 Å². The molecule has 0 atom stereocenters. The molecule has 3 aromatic rings. The third-order valence-electron chi connectivity index (χ3n) is 7.10. The standard InChI is InChI=1S/C22H24BrN5O2.C5H11N/c23-18-11-24-22(27-9-7-15(14-29)8-10-27)26-21(18)30-17-12-28(13-17)20-6-5-16-3-1-2-4-19(16)25-20;1-2-4-6-5-3-1/h1-6,11,15,17,29H,7-10,12-14H2;6H,1-5H2. The van der Waals surface area contributed by atoms with Gasteiger partial charge in [0.05, 0.1) is 29.3 Å². The lowest BCUT2D eigenvalue weighted by Gasteiger charge is -2.39. The minimum atomic E-state index is 0.0671. The highest BCUT2D eigenvalue weighted by Crippen LogP contribution is 2.30. The number of hydrogen-bond acceptors (Lipinski definition) is 8. The van der Waals surface area contributed by atoms with Gasteiger partial charge in [-0.2, -0.15) is 4.98 Å². The van der Waals surface area contributed by atoms with Crippen molar-refractivity contribution in [3.05, 3.63) is 47.1 Å². The summed E-state index contributed by atoms with van der Waals surface area (Å²) in [5, 5.41) is 13.8. The van der Waals surface area contributed by atoms with Gasteiger partial charge in [0, 0.05) is 25.1 Å². The van der Waals surface area contributed by atoms with Crippen LogP contribution in [0.2, 0.25) is 0 Å². The van der Waals surface area contributed by atoms with Gasteiger partial charge in [-0.25, -0.2) is 9.97 Å². The van der Waals surface area contributed by atoms with E-state index in [1.807, 2.05) is 18.2 Å². The molecule has 0 saturated carbocycles. The zero-order valence-electron chi connectivity index (χ0n) is 20.7. The van der Waals surface area contributed by atoms with E-state index in [-0.39, 0.29) is 12.7 Å². The fourth-order valence-electron chi connectivity index (χ4n) is 4.78. The molecule has 0 radical (unpaired) electrons. The van der Waals surface area contributed by atoms with E-state index in [0.717, 1.165) is 60.2 Å². The number of piperidine rings is 2. The molecule has 2 N–H and O–H groups in total. The Morgan fingerprint density at radius 2 is 1.75 bits per heavy atom. The van der Waals surface area contributed by atoms with Gasteiger partial charge in [-0.1, -0.05) is 24.6 Å². The number of pyridine rings is 1. The maximum absolute atomic E-state index is 9.33. The molecule has 5 heterocycles. The van der Waals surface area contributed by atoms with Crippen LogP contribution in [0.15, 0.2) is 47.1 Å². The third-order valence-corrected chi connectivity index (χ3v) is 7.64. The van der Waals surface area contributed by atoms with Crippen LogP contribution in [-0.2, 0) is 0 Å². The number of fused-ring (bicyclic) bond motifs is 1. The Morgan fingerprint density at radius 3 is 2.44 bits per heavy atom. The Hall–Kier alpha value is -2.49. The first kappa shape index (κ1) is 25.2. The van der Waals surface area contributed by atoms with Crippen LogP contribution in [0.5, 0.6) is 5.88 Å². The summed E-state index contributed by atoms with van der Waals surface area (Å²) in [4.78, 5) is 18.3. The highest BCUT2D eigenvalue weighted by atomic mass is 79.9. The van der Waals surface area contributed by atoms with Crippen LogP contribution in [0.3, 0.4) is 0 Å². The number of nitrogens with zero attached hydrogens (tertiary/aromatic N) is 5. The van der Waals surface area contributed by atoms with Gasteiger partial charge < -0.3 is 25.0 Å². The number of rotatable bonds is 5. The fraction of sp³-hybridized carbons (Fsp3) is 0.519. The molecule has 0 spiro atoms. The SMILES string of the molecule is C1CCNCC1.OCC1CCN(c2ncc(Br)c(OC3CN(c4ccc5ccccc5n4)C3)n2)CC1. The van der Waals surface area contributed by atoms with E-state index in [1.165, 1.54) is 32.4 Å². The first-order valence-electron chi connectivity index (χ1n) is 13.1. The normalized spacial score (nSPS) is 18.9. The number of hydrogen-bond donors (Lipinski definition) is 2. The van der Waals surface area contributed by atoms with Crippen LogP contribution in [-0.4, -0.2) is 72.0 Å². The van der Waals surface area contributed by atoms with Crippen molar-refractivity contribution in [1.82, 2.24) is 20.3 Å². The lowest BCUT2D eigenvalue weighted by molar-refractivity contribution is 0.158. The average molecular weight is 556 g/mol. The van der Waals surface area contributed by atoms with E-state index < -0.39 is 0 Å². The maximum atomic E-state index is 9.33. The first-order chi connectivity index (χ1) is 17.7. The molecule has 9 heteroatoms. The molecule has 0 amide bonds. The highest BCUT2D eigenvalue weighted by molar-refractivity contribution is 9.10. The van der Waals surface area contributed by atoms with Crippen molar-refractivity contribution in [3.63, 3.8) is 0 Å². The number of ether oxygens (including phenoxy) is 1. The molecule has 3 aliphatic rings. The molecule has 3 fully saturated rings. The average Bonchev–Trinajstić information content (AvgIpc) is 2.92. The Morgan fingerprint density at radius 1 is 0.972 bits per heavy atom. The van der Waals surface area contributed by atoms with Crippen LogP contribution < -0.4 is 19.9 Å². The van der Waals surface area contributed by atoms with E-state index >= 15 is 0 Å². The van der Waals surface area contributed by atoms with E-state index in [1.54, 1.807) is 6.20 Å². The van der Waals surface area contributed by atoms with Gasteiger partial charge in [0.1, 0.15) is 11.9 Å². The molecular weight excluding hydrogens is 520 g/mol. The topological polar surface area (TPSA) is 86.6 Å². The zero-order valence-corrected chi connectivity index (χ0v) is 22.2. The third kappa shape index (κ3) is 6.25. The van der Waals surface area contributed by atoms with Crippen molar-refractivity contribution in [2.45, 2.75) is 38.2 Å². The summed E-state index contributed by atoms with van der Waals surface area (Å²) in [6.45, 7) is 6.03. The first-order valence-corrected chi connectivity index (χ1v) is 13.9. The van der Waals surface area contributed by atoms with Crippen LogP contribution in [0.25, 0.3) is 10.9 Å². The molecule has 3 saturated heterocycles. The minimum absolute atomic E-state index is 0.0671. The number of para-hydroxylation sites is 1. The predicted molar refractivity (Wildman–Crippen MR) is 147 cm³/mol. The van der Waals surface area contributed by atoms with Crippen molar-refractivity contribution in [2.24, 2.45) is 5.92 Å². The molecule has 8 nitrogen and oxygen atoms in total. The minimum Gasteiger partial charge on any atom is -0.470 e. The molecule has 0 unspecified atom stereocenters. The molecule has 1 aromatic carbocycles. The van der Waals surface area contributed by atoms with E-state index in [9.17, 15) is 5.11 Å². The monoisotopic (exact) mass is 554 g/mol. The zero-order chi connectivity index (χ0) is 24.7. The maximum Gasteiger partial charge on any atom is 0.233 e. The number of anilines is 2. The van der Waals surface area contributed by atoms with Crippen LogP contribution in [0, 0.1) is 5.92 Å². The second-order valence-corrected chi connectivity index (χ2v) is 10.6. The van der Waals surface area contributed by atoms with Crippen molar-refractivity contribution in [1.29, 1.82) is 0 Å². The number of benzene rings is 1. The van der Waals surface area contributed by atoms with Crippen LogP contribution in [0.4, 0.5) is 11.8 Å². The van der Waals surface area contributed by atoms with Crippen molar-refractivity contribution < 1.29 is 9.84 Å².